The van der Waals surface area contributed by atoms with Gasteiger partial charge in [0, 0.05) is 23.3 Å². The number of benzene rings is 3. The van der Waals surface area contributed by atoms with Crippen LogP contribution in [-0.4, -0.2) is 30.5 Å². The summed E-state index contributed by atoms with van der Waals surface area (Å²) in [6.45, 7) is 1.06. The van der Waals surface area contributed by atoms with Crippen molar-refractivity contribution < 1.29 is 40.7 Å². The Morgan fingerprint density at radius 2 is 1.69 bits per heavy atom. The van der Waals surface area contributed by atoms with Crippen LogP contribution in [0, 0.1) is 17.5 Å². The Morgan fingerprint density at radius 3 is 2.36 bits per heavy atom. The van der Waals surface area contributed by atoms with E-state index in [0.29, 0.717) is 29.1 Å². The van der Waals surface area contributed by atoms with E-state index in [1.165, 1.54) is 17.1 Å². The molecule has 1 N–H and O–H groups in total. The first-order valence-electron chi connectivity index (χ1n) is 12.4. The summed E-state index contributed by atoms with van der Waals surface area (Å²) >= 11 is 0. The summed E-state index contributed by atoms with van der Waals surface area (Å²) < 4.78 is 93.1. The summed E-state index contributed by atoms with van der Waals surface area (Å²) in [5.74, 6) is -3.55. The maximum absolute atomic E-state index is 14.8. The van der Waals surface area contributed by atoms with Crippen LogP contribution in [0.4, 0.5) is 26.3 Å². The van der Waals surface area contributed by atoms with E-state index >= 15 is 0 Å². The van der Waals surface area contributed by atoms with Gasteiger partial charge < -0.3 is 14.4 Å². The standard InChI is InChI=1S/C28H21F6N5O3/c1-16(27(40,14-39-15-35-37-38-39)21-8-5-19(29)11-24(21)31)26-12-25(36-42-26)18-3-6-20(7-4-18)41-13-17-2-9-23(30)22(10-17)28(32,33)34/h2-12,15-16,40H,13-14H2,1H3/t16-,27+/m0/s1. The SMILES string of the molecule is C[C@@H](c1cc(-c2ccc(OCc3ccc(F)c(C(F)(F)F)c3)cc2)no1)[C@](O)(Cn1cnnn1)c1ccc(F)cc1F. The number of aromatic nitrogens is 5. The van der Waals surface area contributed by atoms with E-state index in [0.717, 1.165) is 18.2 Å². The van der Waals surface area contributed by atoms with Gasteiger partial charge >= 0.3 is 6.18 Å². The van der Waals surface area contributed by atoms with E-state index in [2.05, 4.69) is 20.7 Å². The maximum Gasteiger partial charge on any atom is 0.419 e. The van der Waals surface area contributed by atoms with Crippen LogP contribution < -0.4 is 4.74 Å². The predicted octanol–water partition coefficient (Wildman–Crippen LogP) is 6.03. The zero-order valence-corrected chi connectivity index (χ0v) is 21.7. The third-order valence-electron chi connectivity index (χ3n) is 6.76. The number of tetrazole rings is 1. The molecule has 0 bridgehead atoms. The largest absolute Gasteiger partial charge is 0.489 e. The highest BCUT2D eigenvalue weighted by Gasteiger charge is 2.42. The third kappa shape index (κ3) is 5.98. The fourth-order valence-electron chi connectivity index (χ4n) is 4.43. The fourth-order valence-corrected chi connectivity index (χ4v) is 4.43. The van der Waals surface area contributed by atoms with E-state index in [9.17, 15) is 31.4 Å². The van der Waals surface area contributed by atoms with E-state index in [1.807, 2.05) is 0 Å². The Labute approximate surface area is 234 Å². The number of rotatable bonds is 9. The van der Waals surface area contributed by atoms with Crippen LogP contribution in [0.2, 0.25) is 0 Å². The Kier molecular flexibility index (Phi) is 7.73. The molecule has 2 atom stereocenters. The van der Waals surface area contributed by atoms with Gasteiger partial charge in [0.2, 0.25) is 0 Å². The lowest BCUT2D eigenvalue weighted by Crippen LogP contribution is -2.38. The fraction of sp³-hybridized carbons (Fsp3) is 0.214. The van der Waals surface area contributed by atoms with Crippen LogP contribution in [0.5, 0.6) is 5.75 Å². The lowest BCUT2D eigenvalue weighted by Gasteiger charge is -2.33. The van der Waals surface area contributed by atoms with Gasteiger partial charge in [-0.2, -0.15) is 13.2 Å². The molecule has 14 heteroatoms. The van der Waals surface area contributed by atoms with Crippen LogP contribution in [0.1, 0.15) is 35.3 Å². The minimum Gasteiger partial charge on any atom is -0.489 e. The van der Waals surface area contributed by atoms with Gasteiger partial charge in [-0.25, -0.2) is 17.9 Å². The predicted molar refractivity (Wildman–Crippen MR) is 134 cm³/mol. The molecular weight excluding hydrogens is 568 g/mol. The molecule has 0 radical (unpaired) electrons. The van der Waals surface area contributed by atoms with Crippen LogP contribution in [0.3, 0.4) is 0 Å². The van der Waals surface area contributed by atoms with Gasteiger partial charge in [0.15, 0.2) is 0 Å². The van der Waals surface area contributed by atoms with E-state index < -0.39 is 40.7 Å². The normalized spacial score (nSPS) is 14.0. The summed E-state index contributed by atoms with van der Waals surface area (Å²) in [4.78, 5) is 0. The van der Waals surface area contributed by atoms with Gasteiger partial charge in [-0.05, 0) is 58.5 Å². The summed E-state index contributed by atoms with van der Waals surface area (Å²) in [6, 6.07) is 13.4. The van der Waals surface area contributed by atoms with E-state index in [-0.39, 0.29) is 30.0 Å². The Bertz CT molecular complexity index is 1670. The molecule has 2 heterocycles. The molecule has 218 valence electrons. The van der Waals surface area contributed by atoms with Crippen molar-refractivity contribution in [3.63, 3.8) is 0 Å². The lowest BCUT2D eigenvalue weighted by molar-refractivity contribution is -0.140. The quantitative estimate of drug-likeness (QED) is 0.210. The second-order valence-electron chi connectivity index (χ2n) is 9.52. The number of hydrogen-bond donors (Lipinski definition) is 1. The number of hydrogen-bond acceptors (Lipinski definition) is 7. The molecule has 0 saturated carbocycles. The lowest BCUT2D eigenvalue weighted by atomic mass is 9.80. The molecule has 8 nitrogen and oxygen atoms in total. The first-order chi connectivity index (χ1) is 19.9. The summed E-state index contributed by atoms with van der Waals surface area (Å²) in [5.41, 5.74) is -2.48. The third-order valence-corrected chi connectivity index (χ3v) is 6.76. The number of alkyl halides is 3. The number of nitrogens with zero attached hydrogens (tertiary/aromatic N) is 5. The Hall–Kier alpha value is -4.72. The van der Waals surface area contributed by atoms with Gasteiger partial charge in [0.05, 0.1) is 18.0 Å². The highest BCUT2D eigenvalue weighted by molar-refractivity contribution is 5.60. The van der Waals surface area contributed by atoms with Crippen LogP contribution in [-0.2, 0) is 24.9 Å². The zero-order valence-electron chi connectivity index (χ0n) is 21.7. The molecule has 0 saturated heterocycles. The molecule has 0 amide bonds. The summed E-state index contributed by atoms with van der Waals surface area (Å²) in [5, 5.41) is 26.6. The van der Waals surface area contributed by atoms with Gasteiger partial charge in [-0.15, -0.1) is 5.10 Å². The molecule has 3 aromatic carbocycles. The van der Waals surface area contributed by atoms with Crippen molar-refractivity contribution >= 4 is 0 Å². The molecule has 0 aliphatic carbocycles. The molecule has 2 aromatic heterocycles. The highest BCUT2D eigenvalue weighted by atomic mass is 19.4. The molecular formula is C28H21F6N5O3. The average Bonchev–Trinajstić information content (AvgIpc) is 3.64. The minimum atomic E-state index is -4.83. The van der Waals surface area contributed by atoms with Crippen molar-refractivity contribution in [3.05, 3.63) is 113 Å². The van der Waals surface area contributed by atoms with Crippen LogP contribution in [0.15, 0.2) is 77.6 Å². The average molecular weight is 589 g/mol. The zero-order chi connectivity index (χ0) is 30.1. The van der Waals surface area contributed by atoms with Gasteiger partial charge in [0.1, 0.15) is 53.2 Å². The first-order valence-corrected chi connectivity index (χ1v) is 12.4. The molecule has 5 aromatic rings. The van der Waals surface area contributed by atoms with Crippen LogP contribution in [0.25, 0.3) is 11.3 Å². The van der Waals surface area contributed by atoms with Crippen molar-refractivity contribution in [2.24, 2.45) is 0 Å². The van der Waals surface area contributed by atoms with Crippen molar-refractivity contribution in [2.45, 2.75) is 37.8 Å². The summed E-state index contributed by atoms with van der Waals surface area (Å²) in [6.07, 6.45) is -3.59. The molecule has 42 heavy (non-hydrogen) atoms. The van der Waals surface area contributed by atoms with Crippen molar-refractivity contribution in [1.29, 1.82) is 0 Å². The maximum atomic E-state index is 14.8. The number of ether oxygens (including phenoxy) is 1. The summed E-state index contributed by atoms with van der Waals surface area (Å²) in [7, 11) is 0. The molecule has 0 fully saturated rings. The number of aliphatic hydroxyl groups is 1. The Balaban J connectivity index is 1.34. The minimum absolute atomic E-state index is 0.134. The first kappa shape index (κ1) is 28.8. The van der Waals surface area contributed by atoms with Crippen molar-refractivity contribution in [3.8, 4) is 17.0 Å². The van der Waals surface area contributed by atoms with E-state index in [1.54, 1.807) is 37.3 Å². The van der Waals surface area contributed by atoms with Crippen molar-refractivity contribution in [2.75, 3.05) is 0 Å². The Morgan fingerprint density at radius 1 is 0.929 bits per heavy atom. The van der Waals surface area contributed by atoms with Gasteiger partial charge in [0.25, 0.3) is 0 Å². The second-order valence-corrected chi connectivity index (χ2v) is 9.52. The molecule has 0 unspecified atom stereocenters. The van der Waals surface area contributed by atoms with Crippen LogP contribution >= 0.6 is 0 Å². The number of halogens is 6. The molecule has 0 aliphatic rings. The topological polar surface area (TPSA) is 99.1 Å². The monoisotopic (exact) mass is 589 g/mol. The van der Waals surface area contributed by atoms with Gasteiger partial charge in [-0.3, -0.25) is 0 Å². The highest BCUT2D eigenvalue weighted by Crippen LogP contribution is 2.40. The van der Waals surface area contributed by atoms with E-state index in [4.69, 9.17) is 9.26 Å². The van der Waals surface area contributed by atoms with Crippen molar-refractivity contribution in [1.82, 2.24) is 25.4 Å². The van der Waals surface area contributed by atoms with Gasteiger partial charge in [-0.1, -0.05) is 24.2 Å². The smallest absolute Gasteiger partial charge is 0.419 e. The molecule has 0 spiro atoms. The molecule has 0 aliphatic heterocycles. The molecule has 5 rings (SSSR count). The second kappa shape index (κ2) is 11.3.